The molecule has 0 aliphatic heterocycles. The Kier molecular flexibility index (Phi) is 3.49. The fourth-order valence-electron chi connectivity index (χ4n) is 1.72. The van der Waals surface area contributed by atoms with E-state index in [2.05, 4.69) is 11.4 Å². The van der Waals surface area contributed by atoms with E-state index in [0.717, 1.165) is 16.9 Å². The number of nitriles is 1. The van der Waals surface area contributed by atoms with Gasteiger partial charge in [-0.1, -0.05) is 18.2 Å². The minimum Gasteiger partial charge on any atom is -0.397 e. The van der Waals surface area contributed by atoms with Crippen molar-refractivity contribution in [2.45, 2.75) is 13.5 Å². The number of nitrogen functional groups attached to an aromatic ring is 1. The van der Waals surface area contributed by atoms with Gasteiger partial charge in [-0.05, 0) is 42.3 Å². The largest absolute Gasteiger partial charge is 0.397 e. The fourth-order valence-corrected chi connectivity index (χ4v) is 1.72. The zero-order valence-corrected chi connectivity index (χ0v) is 10.3. The average Bonchev–Trinajstić information content (AvgIpc) is 2.40. The van der Waals surface area contributed by atoms with Crippen molar-refractivity contribution in [1.82, 2.24) is 0 Å². The number of hydrogen-bond donors (Lipinski definition) is 2. The van der Waals surface area contributed by atoms with E-state index in [0.29, 0.717) is 12.1 Å². The molecule has 0 fully saturated rings. The number of nitrogens with one attached hydrogen (secondary N) is 1. The van der Waals surface area contributed by atoms with Gasteiger partial charge < -0.3 is 11.1 Å². The smallest absolute Gasteiger partial charge is 0.0991 e. The molecule has 0 aromatic heterocycles. The normalized spacial score (nSPS) is 9.78. The molecule has 2 aromatic carbocycles. The van der Waals surface area contributed by atoms with Gasteiger partial charge in [-0.25, -0.2) is 0 Å². The maximum absolute atomic E-state index is 8.72. The first-order valence-electron chi connectivity index (χ1n) is 5.78. The third kappa shape index (κ3) is 2.80. The van der Waals surface area contributed by atoms with Crippen LogP contribution in [0.3, 0.4) is 0 Å². The lowest BCUT2D eigenvalue weighted by atomic mass is 10.1. The molecule has 0 aliphatic carbocycles. The number of nitrogens with zero attached hydrogens (tertiary/aromatic N) is 1. The van der Waals surface area contributed by atoms with Crippen LogP contribution in [0.4, 0.5) is 11.4 Å². The lowest BCUT2D eigenvalue weighted by molar-refractivity contribution is 1.15. The summed E-state index contributed by atoms with van der Waals surface area (Å²) in [6, 6.07) is 15.5. The summed E-state index contributed by atoms with van der Waals surface area (Å²) in [7, 11) is 0. The number of benzene rings is 2. The molecule has 2 rings (SSSR count). The van der Waals surface area contributed by atoms with Gasteiger partial charge in [0.05, 0.1) is 23.0 Å². The van der Waals surface area contributed by atoms with E-state index >= 15 is 0 Å². The lowest BCUT2D eigenvalue weighted by Crippen LogP contribution is -2.02. The van der Waals surface area contributed by atoms with E-state index in [1.54, 1.807) is 0 Å². The number of nitrogens with two attached hydrogens (primary N) is 1. The van der Waals surface area contributed by atoms with Gasteiger partial charge in [-0.2, -0.15) is 5.26 Å². The van der Waals surface area contributed by atoms with Crippen LogP contribution in [0.25, 0.3) is 0 Å². The van der Waals surface area contributed by atoms with E-state index in [1.807, 2.05) is 49.4 Å². The van der Waals surface area contributed by atoms with Crippen molar-refractivity contribution in [3.8, 4) is 6.07 Å². The zero-order chi connectivity index (χ0) is 13.0. The Balaban J connectivity index is 2.07. The second kappa shape index (κ2) is 5.24. The molecule has 0 saturated heterocycles. The van der Waals surface area contributed by atoms with Crippen LogP contribution in [0.5, 0.6) is 0 Å². The summed E-state index contributed by atoms with van der Waals surface area (Å²) >= 11 is 0. The monoisotopic (exact) mass is 237 g/mol. The summed E-state index contributed by atoms with van der Waals surface area (Å²) < 4.78 is 0. The first kappa shape index (κ1) is 12.0. The van der Waals surface area contributed by atoms with Gasteiger partial charge in [0, 0.05) is 6.54 Å². The van der Waals surface area contributed by atoms with E-state index in [4.69, 9.17) is 11.0 Å². The fraction of sp³-hybridized carbons (Fsp3) is 0.133. The van der Waals surface area contributed by atoms with Crippen molar-refractivity contribution >= 4 is 11.4 Å². The Hall–Kier alpha value is -2.47. The highest BCUT2D eigenvalue weighted by Gasteiger charge is 1.99. The Labute approximate surface area is 107 Å². The Morgan fingerprint density at radius 1 is 1.17 bits per heavy atom. The van der Waals surface area contributed by atoms with Crippen molar-refractivity contribution in [3.63, 3.8) is 0 Å². The van der Waals surface area contributed by atoms with Crippen molar-refractivity contribution < 1.29 is 0 Å². The molecule has 0 unspecified atom stereocenters. The molecule has 0 bridgehead atoms. The maximum Gasteiger partial charge on any atom is 0.0991 e. The number of aryl methyl sites for hydroxylation is 1. The summed E-state index contributed by atoms with van der Waals surface area (Å²) in [6.45, 7) is 2.73. The van der Waals surface area contributed by atoms with Crippen LogP contribution in [0.2, 0.25) is 0 Å². The first-order chi connectivity index (χ1) is 8.69. The highest BCUT2D eigenvalue weighted by atomic mass is 14.9. The van der Waals surface area contributed by atoms with Crippen LogP contribution in [0.1, 0.15) is 16.7 Å². The van der Waals surface area contributed by atoms with E-state index in [9.17, 15) is 0 Å². The molecule has 0 amide bonds. The molecule has 90 valence electrons. The minimum absolute atomic E-state index is 0.675. The Morgan fingerprint density at radius 3 is 2.56 bits per heavy atom. The molecule has 0 spiro atoms. The molecule has 3 nitrogen and oxygen atoms in total. The van der Waals surface area contributed by atoms with Crippen LogP contribution >= 0.6 is 0 Å². The van der Waals surface area contributed by atoms with Crippen LogP contribution in [0, 0.1) is 18.3 Å². The van der Waals surface area contributed by atoms with E-state index in [1.165, 1.54) is 5.56 Å². The van der Waals surface area contributed by atoms with E-state index < -0.39 is 0 Å². The molecule has 18 heavy (non-hydrogen) atoms. The molecule has 2 aromatic rings. The van der Waals surface area contributed by atoms with Crippen molar-refractivity contribution in [3.05, 3.63) is 59.2 Å². The number of hydrogen-bond acceptors (Lipinski definition) is 3. The lowest BCUT2D eigenvalue weighted by Gasteiger charge is -2.10. The summed E-state index contributed by atoms with van der Waals surface area (Å²) in [6.07, 6.45) is 0. The molecular formula is C15H15N3. The maximum atomic E-state index is 8.72. The van der Waals surface area contributed by atoms with Gasteiger partial charge in [0.1, 0.15) is 0 Å². The highest BCUT2D eigenvalue weighted by Crippen LogP contribution is 2.20. The van der Waals surface area contributed by atoms with Crippen LogP contribution in [-0.2, 0) is 6.54 Å². The minimum atomic E-state index is 0.675. The molecule has 0 radical (unpaired) electrons. The standard InChI is InChI=1S/C15H15N3/c1-11-2-7-14(17)15(8-11)18-10-13-5-3-12(9-16)4-6-13/h2-8,18H,10,17H2,1H3. The second-order valence-electron chi connectivity index (χ2n) is 4.25. The second-order valence-corrected chi connectivity index (χ2v) is 4.25. The van der Waals surface area contributed by atoms with Gasteiger partial charge in [0.15, 0.2) is 0 Å². The Bertz CT molecular complexity index is 580. The quantitative estimate of drug-likeness (QED) is 0.806. The van der Waals surface area contributed by atoms with Crippen LogP contribution in [-0.4, -0.2) is 0 Å². The van der Waals surface area contributed by atoms with Gasteiger partial charge in [-0.3, -0.25) is 0 Å². The molecule has 0 saturated carbocycles. The molecule has 3 heteroatoms. The molecule has 0 atom stereocenters. The van der Waals surface area contributed by atoms with Gasteiger partial charge >= 0.3 is 0 Å². The highest BCUT2D eigenvalue weighted by molar-refractivity contribution is 5.67. The SMILES string of the molecule is Cc1ccc(N)c(NCc2ccc(C#N)cc2)c1. The molecule has 0 aliphatic rings. The summed E-state index contributed by atoms with van der Waals surface area (Å²) in [5, 5.41) is 12.0. The number of rotatable bonds is 3. The predicted octanol–water partition coefficient (Wildman–Crippen LogP) is 3.06. The van der Waals surface area contributed by atoms with Crippen molar-refractivity contribution in [1.29, 1.82) is 5.26 Å². The molecule has 3 N–H and O–H groups in total. The summed E-state index contributed by atoms with van der Waals surface area (Å²) in [5.41, 5.74) is 10.6. The van der Waals surface area contributed by atoms with Crippen molar-refractivity contribution in [2.75, 3.05) is 11.1 Å². The molecule has 0 heterocycles. The van der Waals surface area contributed by atoms with Crippen LogP contribution < -0.4 is 11.1 Å². The third-order valence-corrected chi connectivity index (χ3v) is 2.77. The average molecular weight is 237 g/mol. The zero-order valence-electron chi connectivity index (χ0n) is 10.3. The van der Waals surface area contributed by atoms with Gasteiger partial charge in [0.25, 0.3) is 0 Å². The number of anilines is 2. The Morgan fingerprint density at radius 2 is 1.89 bits per heavy atom. The van der Waals surface area contributed by atoms with E-state index in [-0.39, 0.29) is 0 Å². The van der Waals surface area contributed by atoms with Crippen molar-refractivity contribution in [2.24, 2.45) is 0 Å². The summed E-state index contributed by atoms with van der Waals surface area (Å²) in [5.74, 6) is 0. The molecular weight excluding hydrogens is 222 g/mol. The van der Waals surface area contributed by atoms with Gasteiger partial charge in [-0.15, -0.1) is 0 Å². The topological polar surface area (TPSA) is 61.8 Å². The predicted molar refractivity (Wildman–Crippen MR) is 74.1 cm³/mol. The first-order valence-corrected chi connectivity index (χ1v) is 5.78. The van der Waals surface area contributed by atoms with Crippen LogP contribution in [0.15, 0.2) is 42.5 Å². The van der Waals surface area contributed by atoms with Gasteiger partial charge in [0.2, 0.25) is 0 Å². The summed E-state index contributed by atoms with van der Waals surface area (Å²) in [4.78, 5) is 0. The third-order valence-electron chi connectivity index (χ3n) is 2.77.